The fourth-order valence-corrected chi connectivity index (χ4v) is 1.98. The molecule has 0 saturated carbocycles. The molecule has 1 amide bonds. The van der Waals surface area contributed by atoms with E-state index in [0.717, 1.165) is 30.8 Å². The summed E-state index contributed by atoms with van der Waals surface area (Å²) in [4.78, 5) is 13.6. The Morgan fingerprint density at radius 2 is 2.05 bits per heavy atom. The van der Waals surface area contributed by atoms with Crippen molar-refractivity contribution in [3.05, 3.63) is 29.8 Å². The number of rotatable bonds is 7. The molecule has 0 spiro atoms. The minimum absolute atomic E-state index is 0.0999. The highest BCUT2D eigenvalue weighted by molar-refractivity contribution is 5.75. The molecule has 0 unspecified atom stereocenters. The molecule has 1 aromatic carbocycles. The van der Waals surface area contributed by atoms with Crippen LogP contribution in [-0.4, -0.2) is 30.4 Å². The van der Waals surface area contributed by atoms with Crippen molar-refractivity contribution >= 4 is 11.6 Å². The van der Waals surface area contributed by atoms with E-state index in [9.17, 15) is 4.79 Å². The molecular formula is C15H25N3O. The highest BCUT2D eigenvalue weighted by Gasteiger charge is 2.12. The Kier molecular flexibility index (Phi) is 6.36. The molecule has 3 N–H and O–H groups in total. The van der Waals surface area contributed by atoms with Gasteiger partial charge in [-0.05, 0) is 38.4 Å². The smallest absolute Gasteiger partial charge is 0.219 e. The third kappa shape index (κ3) is 5.30. The summed E-state index contributed by atoms with van der Waals surface area (Å²) in [5.74, 6) is 0.0999. The molecule has 1 aromatic rings. The van der Waals surface area contributed by atoms with Gasteiger partial charge in [0, 0.05) is 31.7 Å². The fourth-order valence-electron chi connectivity index (χ4n) is 1.98. The van der Waals surface area contributed by atoms with E-state index >= 15 is 0 Å². The average molecular weight is 263 g/mol. The van der Waals surface area contributed by atoms with Gasteiger partial charge in [0.2, 0.25) is 5.91 Å². The van der Waals surface area contributed by atoms with E-state index < -0.39 is 0 Å². The number of anilines is 1. The summed E-state index contributed by atoms with van der Waals surface area (Å²) in [5.41, 5.74) is 7.96. The van der Waals surface area contributed by atoms with Gasteiger partial charge in [0.25, 0.3) is 0 Å². The Hall–Kier alpha value is -1.55. The van der Waals surface area contributed by atoms with E-state index in [-0.39, 0.29) is 5.91 Å². The third-order valence-corrected chi connectivity index (χ3v) is 3.29. The second kappa shape index (κ2) is 7.79. The van der Waals surface area contributed by atoms with E-state index in [1.54, 1.807) is 7.05 Å². The van der Waals surface area contributed by atoms with Gasteiger partial charge >= 0.3 is 0 Å². The highest BCUT2D eigenvalue weighted by atomic mass is 16.1. The van der Waals surface area contributed by atoms with Crippen molar-refractivity contribution < 1.29 is 4.79 Å². The standard InChI is InChI=1S/C15H25N3O/c1-12(2)18(10-6-9-15(19)17-3)11-13-7-4-5-8-14(13)16/h4-5,7-8,12H,6,9-11,16H2,1-3H3,(H,17,19). The normalized spacial score (nSPS) is 11.0. The Labute approximate surface area is 116 Å². The van der Waals surface area contributed by atoms with Crippen LogP contribution in [0.5, 0.6) is 0 Å². The van der Waals surface area contributed by atoms with Gasteiger partial charge in [0.1, 0.15) is 0 Å². The number of benzene rings is 1. The first kappa shape index (κ1) is 15.5. The average Bonchev–Trinajstić information content (AvgIpc) is 2.39. The maximum Gasteiger partial charge on any atom is 0.219 e. The quantitative estimate of drug-likeness (QED) is 0.740. The largest absolute Gasteiger partial charge is 0.398 e. The molecule has 0 aliphatic carbocycles. The van der Waals surface area contributed by atoms with Crippen LogP contribution in [0, 0.1) is 0 Å². The maximum absolute atomic E-state index is 11.2. The highest BCUT2D eigenvalue weighted by Crippen LogP contribution is 2.15. The molecule has 0 aliphatic heterocycles. The van der Waals surface area contributed by atoms with Gasteiger partial charge < -0.3 is 11.1 Å². The first-order valence-electron chi connectivity index (χ1n) is 6.82. The van der Waals surface area contributed by atoms with Crippen LogP contribution >= 0.6 is 0 Å². The van der Waals surface area contributed by atoms with Crippen molar-refractivity contribution in [1.29, 1.82) is 0 Å². The number of nitrogens with two attached hydrogens (primary N) is 1. The molecule has 0 heterocycles. The molecule has 0 saturated heterocycles. The lowest BCUT2D eigenvalue weighted by Crippen LogP contribution is -2.32. The monoisotopic (exact) mass is 263 g/mol. The zero-order valence-electron chi connectivity index (χ0n) is 12.1. The number of nitrogens with zero attached hydrogens (tertiary/aromatic N) is 1. The summed E-state index contributed by atoms with van der Waals surface area (Å²) in [5, 5.41) is 2.65. The van der Waals surface area contributed by atoms with E-state index in [0.29, 0.717) is 12.5 Å². The van der Waals surface area contributed by atoms with E-state index in [2.05, 4.69) is 30.1 Å². The van der Waals surface area contributed by atoms with E-state index in [1.165, 1.54) is 0 Å². The number of nitrogen functional groups attached to an aromatic ring is 1. The second-order valence-electron chi connectivity index (χ2n) is 5.04. The Morgan fingerprint density at radius 3 is 2.63 bits per heavy atom. The van der Waals surface area contributed by atoms with Gasteiger partial charge in [-0.3, -0.25) is 9.69 Å². The van der Waals surface area contributed by atoms with Gasteiger partial charge in [-0.15, -0.1) is 0 Å². The number of nitrogens with one attached hydrogen (secondary N) is 1. The van der Waals surface area contributed by atoms with Gasteiger partial charge in [0.15, 0.2) is 0 Å². The number of carbonyl (C=O) groups is 1. The van der Waals surface area contributed by atoms with Crippen LogP contribution in [0.2, 0.25) is 0 Å². The van der Waals surface area contributed by atoms with Gasteiger partial charge in [-0.2, -0.15) is 0 Å². The second-order valence-corrected chi connectivity index (χ2v) is 5.04. The van der Waals surface area contributed by atoms with Crippen LogP contribution in [0.3, 0.4) is 0 Å². The molecule has 106 valence electrons. The Bertz CT molecular complexity index is 404. The number of carbonyl (C=O) groups excluding carboxylic acids is 1. The van der Waals surface area contributed by atoms with Crippen molar-refractivity contribution in [2.24, 2.45) is 0 Å². The fraction of sp³-hybridized carbons (Fsp3) is 0.533. The van der Waals surface area contributed by atoms with Crippen LogP contribution in [0.15, 0.2) is 24.3 Å². The summed E-state index contributed by atoms with van der Waals surface area (Å²) in [6, 6.07) is 8.38. The molecule has 0 fully saturated rings. The van der Waals surface area contributed by atoms with Gasteiger partial charge in [-0.25, -0.2) is 0 Å². The molecule has 0 radical (unpaired) electrons. The topological polar surface area (TPSA) is 58.4 Å². The van der Waals surface area contributed by atoms with Crippen LogP contribution < -0.4 is 11.1 Å². The van der Waals surface area contributed by atoms with E-state index in [4.69, 9.17) is 5.73 Å². The number of hydrogen-bond donors (Lipinski definition) is 2. The van der Waals surface area contributed by atoms with Gasteiger partial charge in [0.05, 0.1) is 0 Å². The summed E-state index contributed by atoms with van der Waals surface area (Å²) in [6.07, 6.45) is 1.44. The number of amides is 1. The molecule has 0 aliphatic rings. The number of hydrogen-bond acceptors (Lipinski definition) is 3. The Morgan fingerprint density at radius 1 is 1.37 bits per heavy atom. The lowest BCUT2D eigenvalue weighted by Gasteiger charge is -2.27. The third-order valence-electron chi connectivity index (χ3n) is 3.29. The van der Waals surface area contributed by atoms with Crippen LogP contribution in [0.4, 0.5) is 5.69 Å². The lowest BCUT2D eigenvalue weighted by molar-refractivity contribution is -0.120. The first-order valence-corrected chi connectivity index (χ1v) is 6.82. The van der Waals surface area contributed by atoms with Crippen molar-refractivity contribution in [2.45, 2.75) is 39.3 Å². The zero-order valence-corrected chi connectivity index (χ0v) is 12.1. The predicted octanol–water partition coefficient (Wildman–Crippen LogP) is 2.01. The molecule has 0 aromatic heterocycles. The van der Waals surface area contributed by atoms with Crippen molar-refractivity contribution in [2.75, 3.05) is 19.3 Å². The molecular weight excluding hydrogens is 238 g/mol. The summed E-state index contributed by atoms with van der Waals surface area (Å²) in [6.45, 7) is 6.07. The maximum atomic E-state index is 11.2. The van der Waals surface area contributed by atoms with Crippen molar-refractivity contribution in [1.82, 2.24) is 10.2 Å². The molecule has 19 heavy (non-hydrogen) atoms. The predicted molar refractivity (Wildman–Crippen MR) is 79.7 cm³/mol. The molecule has 0 bridgehead atoms. The summed E-state index contributed by atoms with van der Waals surface area (Å²) < 4.78 is 0. The van der Waals surface area contributed by atoms with Gasteiger partial charge in [-0.1, -0.05) is 18.2 Å². The van der Waals surface area contributed by atoms with Crippen LogP contribution in [-0.2, 0) is 11.3 Å². The SMILES string of the molecule is CNC(=O)CCCN(Cc1ccccc1N)C(C)C. The molecule has 1 rings (SSSR count). The molecule has 4 nitrogen and oxygen atoms in total. The summed E-state index contributed by atoms with van der Waals surface area (Å²) >= 11 is 0. The minimum Gasteiger partial charge on any atom is -0.398 e. The minimum atomic E-state index is 0.0999. The molecule has 4 heteroatoms. The first-order chi connectivity index (χ1) is 9.04. The van der Waals surface area contributed by atoms with Crippen LogP contribution in [0.1, 0.15) is 32.3 Å². The lowest BCUT2D eigenvalue weighted by atomic mass is 10.1. The van der Waals surface area contributed by atoms with Crippen LogP contribution in [0.25, 0.3) is 0 Å². The van der Waals surface area contributed by atoms with Crippen molar-refractivity contribution in [3.63, 3.8) is 0 Å². The molecule has 0 atom stereocenters. The zero-order chi connectivity index (χ0) is 14.3. The van der Waals surface area contributed by atoms with Crippen molar-refractivity contribution in [3.8, 4) is 0 Å². The van der Waals surface area contributed by atoms with E-state index in [1.807, 2.05) is 18.2 Å². The Balaban J connectivity index is 2.54. The number of para-hydroxylation sites is 1. The summed E-state index contributed by atoms with van der Waals surface area (Å²) in [7, 11) is 1.67.